The third-order valence-corrected chi connectivity index (χ3v) is 2.34. The van der Waals surface area contributed by atoms with E-state index in [4.69, 9.17) is 10.4 Å². The Labute approximate surface area is 178 Å². The number of hydrogen-bond acceptors (Lipinski definition) is 8. The third-order valence-electron chi connectivity index (χ3n) is 2.34. The fraction of sp³-hybridized carbons (Fsp3) is 0.500. The number of rotatable bonds is 4. The molecule has 0 fully saturated rings. The van der Waals surface area contributed by atoms with Gasteiger partial charge in [0.2, 0.25) is 0 Å². The van der Waals surface area contributed by atoms with Crippen LogP contribution in [-0.2, 0) is 16.8 Å². The first-order chi connectivity index (χ1) is 12.4. The molecule has 4 N–H and O–H groups in total. The van der Waals surface area contributed by atoms with E-state index in [1.165, 1.54) is 13.8 Å². The molecule has 1 radical (unpaired) electrons. The summed E-state index contributed by atoms with van der Waals surface area (Å²) in [6.45, 7) is 17.0. The fourth-order valence-corrected chi connectivity index (χ4v) is 0.670. The van der Waals surface area contributed by atoms with Gasteiger partial charge in [-0.3, -0.25) is 21.4 Å². The summed E-state index contributed by atoms with van der Waals surface area (Å²) in [5.74, 6) is 0. The Hall–Kier alpha value is -2.01. The van der Waals surface area contributed by atoms with Gasteiger partial charge in [-0.15, -0.1) is 22.4 Å². The molecule has 0 unspecified atom stereocenters. The number of allylic oxidation sites excluding steroid dienone is 6. The molecule has 28 heavy (non-hydrogen) atoms. The maximum Gasteiger partial charge on any atom is 2.00 e. The molecule has 163 valence electrons. The summed E-state index contributed by atoms with van der Waals surface area (Å²) in [4.78, 5) is 19.3. The molecule has 1 heterocycles. The minimum absolute atomic E-state index is 0. The summed E-state index contributed by atoms with van der Waals surface area (Å²) in [6.07, 6.45) is 7.73. The van der Waals surface area contributed by atoms with Crippen LogP contribution in [-0.4, -0.2) is 17.0 Å². The van der Waals surface area contributed by atoms with E-state index in [1.54, 1.807) is 31.0 Å². The van der Waals surface area contributed by atoms with Gasteiger partial charge in [-0.1, -0.05) is 32.9 Å². The Bertz CT molecular complexity index is 491. The summed E-state index contributed by atoms with van der Waals surface area (Å²) in [6, 6.07) is 0. The summed E-state index contributed by atoms with van der Waals surface area (Å²) in [5, 5.41) is 25.3. The van der Waals surface area contributed by atoms with Crippen molar-refractivity contribution in [3.63, 3.8) is 0 Å². The molecule has 0 aromatic heterocycles. The van der Waals surface area contributed by atoms with Crippen LogP contribution in [0.4, 0.5) is 0 Å². The largest absolute Gasteiger partial charge is 2.00 e. The van der Waals surface area contributed by atoms with Crippen LogP contribution in [0.5, 0.6) is 0 Å². The van der Waals surface area contributed by atoms with Crippen LogP contribution in [0.25, 0.3) is 5.32 Å². The first-order valence-corrected chi connectivity index (χ1v) is 8.10. The second-order valence-corrected chi connectivity index (χ2v) is 6.52. The van der Waals surface area contributed by atoms with Crippen molar-refractivity contribution in [3.8, 4) is 0 Å². The van der Waals surface area contributed by atoms with E-state index in [0.29, 0.717) is 11.4 Å². The van der Waals surface area contributed by atoms with Gasteiger partial charge in [0.1, 0.15) is 11.4 Å². The minimum Gasteiger partial charge on any atom is -0.687 e. The van der Waals surface area contributed by atoms with E-state index in [-0.39, 0.29) is 33.6 Å². The molecule has 0 amide bonds. The molecule has 1 rings (SSSR count). The Morgan fingerprint density at radius 3 is 1.39 bits per heavy atom. The molecule has 0 saturated carbocycles. The predicted octanol–water partition coefficient (Wildman–Crippen LogP) is 5.27. The molecule has 0 bridgehead atoms. The summed E-state index contributed by atoms with van der Waals surface area (Å²) in [7, 11) is 0. The molecule has 0 aromatic carbocycles. The maximum absolute atomic E-state index is 9.65. The SMILES string of the molecule is C1=CC[N-]C=C1.CC(N=O)=C(C)NO.CC(N=O)=C(C)NO.[CH2-]C(C)(C)C.[Co+2]. The van der Waals surface area contributed by atoms with Crippen LogP contribution in [0.3, 0.4) is 0 Å². The zero-order valence-electron chi connectivity index (χ0n) is 17.6. The molecular weight excluding hydrogens is 409 g/mol. The maximum atomic E-state index is 9.65. The van der Waals surface area contributed by atoms with Crippen molar-refractivity contribution >= 4 is 0 Å². The second-order valence-electron chi connectivity index (χ2n) is 6.52. The first kappa shape index (κ1) is 33.6. The van der Waals surface area contributed by atoms with Crippen molar-refractivity contribution in [1.82, 2.24) is 11.0 Å². The Balaban J connectivity index is -0.000000138. The standard InChI is InChI=1S/C5H6N.C5H11.2C4H8N2O2.Co/c1-2-4-6-5-3-1;1-5(2,3)4;2*1-3(5-7)4(2)6-8;/h1-4H,5H2;1H2,2-4H3;2*5,7H,1-2H3;/q2*-1;;;+2. The third kappa shape index (κ3) is 31.7. The summed E-state index contributed by atoms with van der Waals surface area (Å²) >= 11 is 0. The minimum atomic E-state index is 0. The molecule has 0 atom stereocenters. The molecule has 1 aliphatic rings. The average molecular weight is 442 g/mol. The topological polar surface area (TPSA) is 137 Å². The number of hydroxylamine groups is 2. The van der Waals surface area contributed by atoms with Gasteiger partial charge in [0.15, 0.2) is 0 Å². The van der Waals surface area contributed by atoms with E-state index in [9.17, 15) is 9.81 Å². The van der Waals surface area contributed by atoms with E-state index in [2.05, 4.69) is 43.4 Å². The molecular formula is C18H33CoN5O4. The van der Waals surface area contributed by atoms with Crippen LogP contribution in [0.15, 0.2) is 57.6 Å². The van der Waals surface area contributed by atoms with Crippen molar-refractivity contribution in [2.24, 2.45) is 15.8 Å². The van der Waals surface area contributed by atoms with Crippen molar-refractivity contribution in [1.29, 1.82) is 0 Å². The predicted molar refractivity (Wildman–Crippen MR) is 110 cm³/mol. The molecule has 0 aliphatic carbocycles. The fourth-order valence-electron chi connectivity index (χ4n) is 0.670. The zero-order chi connectivity index (χ0) is 21.9. The van der Waals surface area contributed by atoms with Crippen LogP contribution in [0, 0.1) is 22.2 Å². The summed E-state index contributed by atoms with van der Waals surface area (Å²) in [5.41, 5.74) is 5.12. The van der Waals surface area contributed by atoms with Gasteiger partial charge >= 0.3 is 16.8 Å². The molecule has 0 spiro atoms. The quantitative estimate of drug-likeness (QED) is 0.266. The monoisotopic (exact) mass is 442 g/mol. The van der Waals surface area contributed by atoms with Gasteiger partial charge in [-0.05, 0) is 38.0 Å². The Morgan fingerprint density at radius 2 is 1.32 bits per heavy atom. The van der Waals surface area contributed by atoms with Crippen molar-refractivity contribution < 1.29 is 27.2 Å². The number of nitrogens with one attached hydrogen (secondary N) is 2. The normalized spacial score (nSPS) is 12.9. The van der Waals surface area contributed by atoms with Gasteiger partial charge in [0.25, 0.3) is 0 Å². The Kier molecular flexibility index (Phi) is 25.5. The second kappa shape index (κ2) is 21.3. The number of hydrogen-bond donors (Lipinski definition) is 4. The van der Waals surface area contributed by atoms with E-state index in [1.807, 2.05) is 18.2 Å². The molecule has 1 aliphatic heterocycles. The van der Waals surface area contributed by atoms with Gasteiger partial charge in [-0.25, -0.2) is 0 Å². The Morgan fingerprint density at radius 1 is 0.964 bits per heavy atom. The zero-order valence-corrected chi connectivity index (χ0v) is 18.7. The van der Waals surface area contributed by atoms with E-state index >= 15 is 0 Å². The average Bonchev–Trinajstić information content (AvgIpc) is 2.66. The molecule has 0 aromatic rings. The van der Waals surface area contributed by atoms with Crippen LogP contribution in [0.2, 0.25) is 0 Å². The van der Waals surface area contributed by atoms with Crippen LogP contribution in [0.1, 0.15) is 48.5 Å². The van der Waals surface area contributed by atoms with E-state index < -0.39 is 0 Å². The van der Waals surface area contributed by atoms with Crippen molar-refractivity contribution in [2.45, 2.75) is 48.5 Å². The first-order valence-electron chi connectivity index (χ1n) is 8.10. The van der Waals surface area contributed by atoms with E-state index in [0.717, 1.165) is 6.54 Å². The van der Waals surface area contributed by atoms with Gasteiger partial charge in [0, 0.05) is 0 Å². The van der Waals surface area contributed by atoms with Gasteiger partial charge in [-0.2, -0.15) is 11.6 Å². The number of nitrogens with zero attached hydrogens (tertiary/aromatic N) is 3. The van der Waals surface area contributed by atoms with Gasteiger partial charge < -0.3 is 12.2 Å². The van der Waals surface area contributed by atoms with Crippen molar-refractivity contribution in [3.05, 3.63) is 69.3 Å². The molecule has 9 nitrogen and oxygen atoms in total. The van der Waals surface area contributed by atoms with Crippen LogP contribution >= 0.6 is 0 Å². The van der Waals surface area contributed by atoms with Crippen molar-refractivity contribution in [2.75, 3.05) is 6.54 Å². The number of nitroso groups, excluding NO2 is 2. The smallest absolute Gasteiger partial charge is 0.687 e. The van der Waals surface area contributed by atoms with Gasteiger partial charge in [0.05, 0.1) is 11.4 Å². The molecule has 10 heteroatoms. The molecule has 0 saturated heterocycles. The van der Waals surface area contributed by atoms with Crippen LogP contribution < -0.4 is 11.0 Å². The summed E-state index contributed by atoms with van der Waals surface area (Å²) < 4.78 is 0.